The first-order valence-electron chi connectivity index (χ1n) is 8.83. The van der Waals surface area contributed by atoms with Crippen LogP contribution in [0.15, 0.2) is 71.8 Å². The van der Waals surface area contributed by atoms with Crippen molar-refractivity contribution in [3.05, 3.63) is 77.9 Å². The standard InChI is InChI=1S/C21H15F7N2O/c22-19(23,20(24,25)26)21(27,28)30-29-12-14-5-3-9-17(11-14)31-13-16-8-4-7-15-6-1-2-10-18(15)16/h1-12,30H,13H2/b29-12-. The van der Waals surface area contributed by atoms with Gasteiger partial charge in [0.2, 0.25) is 0 Å². The van der Waals surface area contributed by atoms with Gasteiger partial charge in [0.1, 0.15) is 12.4 Å². The molecule has 0 aliphatic rings. The second-order valence-corrected chi connectivity index (χ2v) is 6.52. The third-order valence-electron chi connectivity index (χ3n) is 4.30. The number of alkyl halides is 7. The summed E-state index contributed by atoms with van der Waals surface area (Å²) in [6.07, 6.45) is -5.75. The van der Waals surface area contributed by atoms with Crippen LogP contribution in [0.2, 0.25) is 0 Å². The van der Waals surface area contributed by atoms with Crippen molar-refractivity contribution in [1.82, 2.24) is 5.43 Å². The number of halogens is 7. The zero-order valence-electron chi connectivity index (χ0n) is 15.6. The molecule has 0 amide bonds. The maximum atomic E-state index is 13.2. The van der Waals surface area contributed by atoms with Gasteiger partial charge in [-0.3, -0.25) is 0 Å². The van der Waals surface area contributed by atoms with Crippen molar-refractivity contribution >= 4 is 17.0 Å². The highest BCUT2D eigenvalue weighted by Crippen LogP contribution is 2.45. The maximum Gasteiger partial charge on any atom is 0.462 e. The molecule has 0 aromatic heterocycles. The van der Waals surface area contributed by atoms with Gasteiger partial charge in [0.25, 0.3) is 0 Å². The largest absolute Gasteiger partial charge is 0.489 e. The van der Waals surface area contributed by atoms with Crippen LogP contribution in [0.5, 0.6) is 5.75 Å². The molecule has 10 heteroatoms. The van der Waals surface area contributed by atoms with Crippen LogP contribution in [0.3, 0.4) is 0 Å². The Kier molecular flexibility index (Phi) is 6.10. The Balaban J connectivity index is 1.68. The molecule has 0 atom stereocenters. The Morgan fingerprint density at radius 2 is 1.52 bits per heavy atom. The van der Waals surface area contributed by atoms with E-state index in [1.807, 2.05) is 42.5 Å². The molecule has 0 radical (unpaired) electrons. The Bertz CT molecular complexity index is 1080. The Morgan fingerprint density at radius 3 is 2.26 bits per heavy atom. The molecule has 3 aromatic rings. The molecule has 0 unspecified atom stereocenters. The van der Waals surface area contributed by atoms with E-state index in [0.717, 1.165) is 16.3 Å². The fraction of sp³-hybridized carbons (Fsp3) is 0.190. The van der Waals surface area contributed by atoms with E-state index in [1.165, 1.54) is 18.2 Å². The molecule has 0 bridgehead atoms. The van der Waals surface area contributed by atoms with Crippen LogP contribution >= 0.6 is 0 Å². The summed E-state index contributed by atoms with van der Waals surface area (Å²) in [6, 6.07) is 13.5. The SMILES string of the molecule is FC(F)(F)C(F)(F)C(F)(F)N/N=C\c1cccc(OCc2cccc3ccccc23)c1. The first-order chi connectivity index (χ1) is 14.5. The zero-order chi connectivity index (χ0) is 22.7. The summed E-state index contributed by atoms with van der Waals surface area (Å²) in [6.45, 7) is 0.191. The minimum Gasteiger partial charge on any atom is -0.489 e. The van der Waals surface area contributed by atoms with Gasteiger partial charge in [0.05, 0.1) is 6.21 Å². The summed E-state index contributed by atoms with van der Waals surface area (Å²) >= 11 is 0. The maximum absolute atomic E-state index is 13.2. The van der Waals surface area contributed by atoms with Crippen molar-refractivity contribution in [2.75, 3.05) is 0 Å². The van der Waals surface area contributed by atoms with Gasteiger partial charge in [-0.1, -0.05) is 54.6 Å². The quantitative estimate of drug-likeness (QED) is 0.206. The van der Waals surface area contributed by atoms with Gasteiger partial charge in [-0.2, -0.15) is 35.8 Å². The normalized spacial score (nSPS) is 13.0. The lowest BCUT2D eigenvalue weighted by atomic mass is 10.1. The third-order valence-corrected chi connectivity index (χ3v) is 4.30. The van der Waals surface area contributed by atoms with Gasteiger partial charge in [-0.25, -0.2) is 5.43 Å². The molecule has 3 rings (SSSR count). The Labute approximate surface area is 172 Å². The summed E-state index contributed by atoms with van der Waals surface area (Å²) in [5, 5.41) is 4.84. The number of hydrogen-bond acceptors (Lipinski definition) is 3. The molecule has 0 saturated carbocycles. The van der Waals surface area contributed by atoms with E-state index in [0.29, 0.717) is 17.4 Å². The second kappa shape index (κ2) is 8.44. The zero-order valence-corrected chi connectivity index (χ0v) is 15.6. The van der Waals surface area contributed by atoms with Crippen LogP contribution in [-0.2, 0) is 6.61 Å². The minimum absolute atomic E-state index is 0.147. The van der Waals surface area contributed by atoms with Gasteiger partial charge in [0, 0.05) is 0 Å². The number of hydrazone groups is 1. The number of nitrogens with zero attached hydrogens (tertiary/aromatic N) is 1. The average molecular weight is 444 g/mol. The summed E-state index contributed by atoms with van der Waals surface area (Å²) in [5.41, 5.74) is 1.62. The van der Waals surface area contributed by atoms with Gasteiger partial charge >= 0.3 is 18.1 Å². The monoisotopic (exact) mass is 444 g/mol. The highest BCUT2D eigenvalue weighted by molar-refractivity contribution is 5.85. The smallest absolute Gasteiger partial charge is 0.462 e. The lowest BCUT2D eigenvalue weighted by Crippen LogP contribution is -2.58. The first-order valence-corrected chi connectivity index (χ1v) is 8.83. The van der Waals surface area contributed by atoms with E-state index in [-0.39, 0.29) is 12.2 Å². The van der Waals surface area contributed by atoms with Gasteiger partial charge in [-0.05, 0) is 34.0 Å². The van der Waals surface area contributed by atoms with Crippen LogP contribution in [0.4, 0.5) is 30.7 Å². The topological polar surface area (TPSA) is 33.6 Å². The first kappa shape index (κ1) is 22.4. The third kappa shape index (κ3) is 4.89. The predicted octanol–water partition coefficient (Wildman–Crippen LogP) is 6.13. The van der Waals surface area contributed by atoms with E-state index >= 15 is 0 Å². The molecular formula is C21H15F7N2O. The van der Waals surface area contributed by atoms with Crippen LogP contribution < -0.4 is 10.2 Å². The number of hydrogen-bond donors (Lipinski definition) is 1. The fourth-order valence-corrected chi connectivity index (χ4v) is 2.70. The predicted molar refractivity (Wildman–Crippen MR) is 101 cm³/mol. The lowest BCUT2D eigenvalue weighted by molar-refractivity contribution is -0.361. The molecule has 164 valence electrons. The van der Waals surface area contributed by atoms with Crippen LogP contribution in [0.1, 0.15) is 11.1 Å². The number of benzene rings is 3. The van der Waals surface area contributed by atoms with E-state index in [9.17, 15) is 30.7 Å². The highest BCUT2D eigenvalue weighted by Gasteiger charge is 2.73. The average Bonchev–Trinajstić information content (AvgIpc) is 2.71. The summed E-state index contributed by atoms with van der Waals surface area (Å²) in [5.74, 6) is -5.97. The van der Waals surface area contributed by atoms with Crippen molar-refractivity contribution in [3.63, 3.8) is 0 Å². The van der Waals surface area contributed by atoms with Crippen LogP contribution in [-0.4, -0.2) is 24.4 Å². The van der Waals surface area contributed by atoms with E-state index in [2.05, 4.69) is 5.10 Å². The molecule has 3 nitrogen and oxygen atoms in total. The number of fused-ring (bicyclic) bond motifs is 1. The number of rotatable bonds is 7. The Morgan fingerprint density at radius 1 is 0.839 bits per heavy atom. The molecule has 0 heterocycles. The van der Waals surface area contributed by atoms with E-state index < -0.39 is 18.1 Å². The lowest BCUT2D eigenvalue weighted by Gasteiger charge is -2.27. The molecule has 31 heavy (non-hydrogen) atoms. The van der Waals surface area contributed by atoms with Crippen molar-refractivity contribution in [1.29, 1.82) is 0 Å². The van der Waals surface area contributed by atoms with Crippen LogP contribution in [0.25, 0.3) is 10.8 Å². The molecule has 0 spiro atoms. The van der Waals surface area contributed by atoms with Crippen LogP contribution in [0, 0.1) is 0 Å². The van der Waals surface area contributed by atoms with Gasteiger partial charge < -0.3 is 4.74 Å². The summed E-state index contributed by atoms with van der Waals surface area (Å²) in [7, 11) is 0. The van der Waals surface area contributed by atoms with Gasteiger partial charge in [0.15, 0.2) is 0 Å². The number of ether oxygens (including phenoxy) is 1. The molecule has 0 saturated heterocycles. The molecular weight excluding hydrogens is 429 g/mol. The Hall–Kier alpha value is -3.30. The van der Waals surface area contributed by atoms with Gasteiger partial charge in [-0.15, -0.1) is 0 Å². The highest BCUT2D eigenvalue weighted by atomic mass is 19.4. The summed E-state index contributed by atoms with van der Waals surface area (Å²) in [4.78, 5) is 0. The molecule has 0 fully saturated rings. The van der Waals surface area contributed by atoms with Crippen molar-refractivity contribution in [2.45, 2.75) is 24.8 Å². The fourth-order valence-electron chi connectivity index (χ4n) is 2.70. The molecule has 0 aliphatic carbocycles. The molecule has 0 aliphatic heterocycles. The molecule has 3 aromatic carbocycles. The number of nitrogens with one attached hydrogen (secondary N) is 1. The second-order valence-electron chi connectivity index (χ2n) is 6.52. The minimum atomic E-state index is -6.44. The van der Waals surface area contributed by atoms with Crippen molar-refractivity contribution in [3.8, 4) is 5.75 Å². The molecule has 1 N–H and O–H groups in total. The van der Waals surface area contributed by atoms with E-state index in [4.69, 9.17) is 4.74 Å². The van der Waals surface area contributed by atoms with Crippen molar-refractivity contribution < 1.29 is 35.5 Å². The summed E-state index contributed by atoms with van der Waals surface area (Å²) < 4.78 is 94.1. The van der Waals surface area contributed by atoms with E-state index in [1.54, 1.807) is 6.07 Å². The van der Waals surface area contributed by atoms with Crippen molar-refractivity contribution in [2.24, 2.45) is 5.10 Å².